The number of ether oxygens (including phenoxy) is 1. The number of benzene rings is 2. The topological polar surface area (TPSA) is 93.1 Å². The fourth-order valence-corrected chi connectivity index (χ4v) is 6.81. The van der Waals surface area contributed by atoms with Crippen LogP contribution in [0.4, 0.5) is 0 Å². The zero-order valence-electron chi connectivity index (χ0n) is 17.7. The van der Waals surface area contributed by atoms with E-state index < -0.39 is 28.3 Å². The summed E-state index contributed by atoms with van der Waals surface area (Å²) >= 11 is 0. The monoisotopic (exact) mass is 442 g/mol. The van der Waals surface area contributed by atoms with Gasteiger partial charge in [-0.25, -0.2) is 8.42 Å². The van der Waals surface area contributed by atoms with Crippen molar-refractivity contribution in [3.05, 3.63) is 58.7 Å². The summed E-state index contributed by atoms with van der Waals surface area (Å²) in [6.07, 6.45) is 2.97. The molecule has 2 aliphatic rings. The van der Waals surface area contributed by atoms with Crippen LogP contribution >= 0.6 is 0 Å². The Kier molecular flexibility index (Phi) is 6.26. The van der Waals surface area contributed by atoms with Gasteiger partial charge in [-0.15, -0.1) is 0 Å². The van der Waals surface area contributed by atoms with Crippen molar-refractivity contribution < 1.29 is 27.9 Å². The maximum Gasteiger partial charge on any atom is 0.456 e. The minimum absolute atomic E-state index is 0.0261. The van der Waals surface area contributed by atoms with E-state index in [2.05, 4.69) is 6.08 Å². The van der Waals surface area contributed by atoms with Crippen molar-refractivity contribution in [2.75, 3.05) is 19.5 Å². The number of allylic oxidation sites excluding steroid dienone is 1. The number of hydrogen-bond donors (Lipinski definition) is 2. The Morgan fingerprint density at radius 3 is 2.74 bits per heavy atom. The van der Waals surface area contributed by atoms with E-state index in [1.165, 1.54) is 0 Å². The highest BCUT2D eigenvalue weighted by Crippen LogP contribution is 2.39. The lowest BCUT2D eigenvalue weighted by Crippen LogP contribution is -2.42. The molecule has 31 heavy (non-hydrogen) atoms. The molecule has 0 bridgehead atoms. The van der Waals surface area contributed by atoms with Crippen LogP contribution in [-0.4, -0.2) is 56.5 Å². The maximum atomic E-state index is 12.6. The zero-order chi connectivity index (χ0) is 22.2. The number of fused-ring (bicyclic) bond motifs is 2. The van der Waals surface area contributed by atoms with Gasteiger partial charge in [0.15, 0.2) is 9.84 Å². The first-order valence-corrected chi connectivity index (χ1v) is 12.2. The molecular formula is C23H27BO6S. The first kappa shape index (κ1) is 22.1. The second kappa shape index (κ2) is 8.78. The van der Waals surface area contributed by atoms with Gasteiger partial charge in [0, 0.05) is 18.8 Å². The molecule has 1 saturated heterocycles. The van der Waals surface area contributed by atoms with Crippen LogP contribution in [0.3, 0.4) is 0 Å². The average Bonchev–Trinajstić information content (AvgIpc) is 2.98. The first-order chi connectivity index (χ1) is 14.8. The Morgan fingerprint density at radius 1 is 1.26 bits per heavy atom. The van der Waals surface area contributed by atoms with Crippen LogP contribution in [0.1, 0.15) is 25.3 Å². The molecule has 0 amide bonds. The molecule has 0 radical (unpaired) electrons. The van der Waals surface area contributed by atoms with Gasteiger partial charge in [0.05, 0.1) is 23.7 Å². The van der Waals surface area contributed by atoms with Crippen molar-refractivity contribution in [2.24, 2.45) is 0 Å². The van der Waals surface area contributed by atoms with Crippen molar-refractivity contribution >= 4 is 33.8 Å². The normalized spacial score (nSPS) is 23.5. The van der Waals surface area contributed by atoms with Gasteiger partial charge in [0.25, 0.3) is 0 Å². The number of aromatic hydroxyl groups is 1. The SMILES string of the molecule is COCC1=C2[C@@H](CC/C(C)=C/c3ccc(O)c4ccccc34)OB(O)C[C@@H]2S(=O)(=O)C1. The summed E-state index contributed by atoms with van der Waals surface area (Å²) < 4.78 is 36.2. The van der Waals surface area contributed by atoms with E-state index in [1.807, 2.05) is 37.3 Å². The second-order valence-electron chi connectivity index (χ2n) is 8.35. The third kappa shape index (κ3) is 4.43. The largest absolute Gasteiger partial charge is 0.507 e. The van der Waals surface area contributed by atoms with Gasteiger partial charge >= 0.3 is 7.12 Å². The molecule has 2 atom stereocenters. The highest BCUT2D eigenvalue weighted by Gasteiger charge is 2.48. The van der Waals surface area contributed by atoms with E-state index in [0.717, 1.165) is 33.1 Å². The lowest BCUT2D eigenvalue weighted by Gasteiger charge is -2.32. The third-order valence-corrected chi connectivity index (χ3v) is 8.17. The fraction of sp³-hybridized carbons (Fsp3) is 0.391. The number of phenols is 1. The Bertz CT molecular complexity index is 1150. The maximum absolute atomic E-state index is 12.6. The average molecular weight is 442 g/mol. The van der Waals surface area contributed by atoms with E-state index in [0.29, 0.717) is 12.8 Å². The smallest absolute Gasteiger partial charge is 0.456 e. The predicted octanol–water partition coefficient (Wildman–Crippen LogP) is 3.35. The number of phenolic OH excluding ortho intramolecular Hbond substituents is 1. The van der Waals surface area contributed by atoms with Gasteiger partial charge in [-0.1, -0.05) is 42.0 Å². The van der Waals surface area contributed by atoms with Gasteiger partial charge in [-0.3, -0.25) is 0 Å². The standard InChI is InChI=1S/C23H27BO6S/c1-15(11-16-8-9-20(25)19-6-4-3-5-18(16)19)7-10-21-23-17(13-29-2)14-31(27,28)22(23)12-24(26)30-21/h3-6,8-9,11,21-22,25-26H,7,10,12-14H2,1-2H3/b15-11+/t21-,22+/m1/s1. The van der Waals surface area contributed by atoms with Crippen molar-refractivity contribution in [3.63, 3.8) is 0 Å². The molecule has 4 rings (SSSR count). The number of hydrogen-bond acceptors (Lipinski definition) is 6. The van der Waals surface area contributed by atoms with Crippen LogP contribution in [0, 0.1) is 0 Å². The quantitative estimate of drug-likeness (QED) is 0.527. The van der Waals surface area contributed by atoms with Gasteiger partial charge in [-0.05, 0) is 47.9 Å². The summed E-state index contributed by atoms with van der Waals surface area (Å²) in [5.74, 6) is 0.225. The van der Waals surface area contributed by atoms with E-state index in [9.17, 15) is 18.5 Å². The molecule has 2 aromatic carbocycles. The highest BCUT2D eigenvalue weighted by molar-refractivity contribution is 7.92. The van der Waals surface area contributed by atoms with Crippen LogP contribution in [-0.2, 0) is 19.2 Å². The molecule has 164 valence electrons. The highest BCUT2D eigenvalue weighted by atomic mass is 32.2. The molecule has 1 fully saturated rings. The Morgan fingerprint density at radius 2 is 2.00 bits per heavy atom. The lowest BCUT2D eigenvalue weighted by molar-refractivity contribution is 0.166. The summed E-state index contributed by atoms with van der Waals surface area (Å²) in [5.41, 5.74) is 3.65. The molecule has 6 nitrogen and oxygen atoms in total. The van der Waals surface area contributed by atoms with Gasteiger partial charge in [-0.2, -0.15) is 0 Å². The first-order valence-electron chi connectivity index (χ1n) is 10.4. The van der Waals surface area contributed by atoms with Crippen molar-refractivity contribution in [3.8, 4) is 5.75 Å². The molecule has 2 heterocycles. The van der Waals surface area contributed by atoms with E-state index in [1.54, 1.807) is 13.2 Å². The molecule has 2 aliphatic heterocycles. The van der Waals surface area contributed by atoms with Gasteiger partial charge < -0.3 is 19.5 Å². The minimum atomic E-state index is -3.33. The van der Waals surface area contributed by atoms with E-state index in [-0.39, 0.29) is 24.4 Å². The number of rotatable bonds is 6. The van der Waals surface area contributed by atoms with Crippen molar-refractivity contribution in [1.82, 2.24) is 0 Å². The molecule has 2 aromatic rings. The fourth-order valence-electron chi connectivity index (χ4n) is 4.71. The second-order valence-corrected chi connectivity index (χ2v) is 10.5. The van der Waals surface area contributed by atoms with Crippen molar-refractivity contribution in [1.29, 1.82) is 0 Å². The third-order valence-electron chi connectivity index (χ3n) is 6.10. The Labute approximate surface area is 183 Å². The van der Waals surface area contributed by atoms with Crippen LogP contribution in [0.25, 0.3) is 16.8 Å². The van der Waals surface area contributed by atoms with Crippen LogP contribution in [0.2, 0.25) is 6.32 Å². The minimum Gasteiger partial charge on any atom is -0.507 e. The van der Waals surface area contributed by atoms with Crippen LogP contribution < -0.4 is 0 Å². The number of methoxy groups -OCH3 is 1. The summed E-state index contributed by atoms with van der Waals surface area (Å²) in [7, 11) is -2.86. The Hall–Kier alpha value is -2.13. The molecule has 0 aromatic heterocycles. The van der Waals surface area contributed by atoms with Gasteiger partial charge in [0.2, 0.25) is 0 Å². The zero-order valence-corrected chi connectivity index (χ0v) is 18.6. The molecule has 0 aliphatic carbocycles. The Balaban J connectivity index is 1.57. The summed E-state index contributed by atoms with van der Waals surface area (Å²) in [6.45, 7) is 2.28. The number of sulfone groups is 1. The van der Waals surface area contributed by atoms with Crippen LogP contribution in [0.15, 0.2) is 53.1 Å². The summed E-state index contributed by atoms with van der Waals surface area (Å²) in [4.78, 5) is 0. The molecule has 0 unspecified atom stereocenters. The molecule has 0 saturated carbocycles. The van der Waals surface area contributed by atoms with Gasteiger partial charge in [0.1, 0.15) is 5.75 Å². The molecule has 0 spiro atoms. The van der Waals surface area contributed by atoms with Crippen molar-refractivity contribution in [2.45, 2.75) is 37.4 Å². The van der Waals surface area contributed by atoms with E-state index in [4.69, 9.17) is 9.39 Å². The molecule has 2 N–H and O–H groups in total. The summed E-state index contributed by atoms with van der Waals surface area (Å²) in [5, 5.41) is 21.3. The van der Waals surface area contributed by atoms with Crippen LogP contribution in [0.5, 0.6) is 5.75 Å². The predicted molar refractivity (Wildman–Crippen MR) is 123 cm³/mol. The van der Waals surface area contributed by atoms with E-state index >= 15 is 0 Å². The molecule has 8 heteroatoms. The molecular weight excluding hydrogens is 415 g/mol. The lowest BCUT2D eigenvalue weighted by atomic mass is 9.74. The summed E-state index contributed by atoms with van der Waals surface area (Å²) in [6, 6.07) is 11.3.